The fraction of sp³-hybridized carbons (Fsp3) is 0.308. The van der Waals surface area contributed by atoms with Crippen LogP contribution < -0.4 is 10.6 Å². The number of hydrogen-bond acceptors (Lipinski definition) is 4. The standard InChI is InChI=1S/C13H15N3O2/c14-10-3-4-11(18)13-9(10)6-12(15-13)16-5-1-2-8(17)7-16/h3-4,6,15,18H,1-2,5,7,14H2. The van der Waals surface area contributed by atoms with Crippen LogP contribution in [0.1, 0.15) is 12.8 Å². The molecule has 0 atom stereocenters. The first-order valence-electron chi connectivity index (χ1n) is 6.02. The molecule has 1 saturated heterocycles. The van der Waals surface area contributed by atoms with Gasteiger partial charge >= 0.3 is 0 Å². The summed E-state index contributed by atoms with van der Waals surface area (Å²) in [5.74, 6) is 1.26. The zero-order chi connectivity index (χ0) is 12.7. The molecule has 1 aromatic carbocycles. The van der Waals surface area contributed by atoms with Crippen molar-refractivity contribution in [2.45, 2.75) is 12.8 Å². The van der Waals surface area contributed by atoms with E-state index in [9.17, 15) is 9.90 Å². The molecule has 2 heterocycles. The molecule has 1 fully saturated rings. The number of phenols is 1. The van der Waals surface area contributed by atoms with Crippen molar-refractivity contribution in [1.82, 2.24) is 4.98 Å². The zero-order valence-electron chi connectivity index (χ0n) is 9.94. The minimum atomic E-state index is 0.175. The number of aromatic hydroxyl groups is 1. The van der Waals surface area contributed by atoms with E-state index in [2.05, 4.69) is 4.98 Å². The summed E-state index contributed by atoms with van der Waals surface area (Å²) in [4.78, 5) is 16.6. The van der Waals surface area contributed by atoms with Crippen molar-refractivity contribution in [1.29, 1.82) is 0 Å². The molecule has 3 rings (SSSR count). The SMILES string of the molecule is Nc1ccc(O)c2[nH]c(N3CCCC(=O)C3)cc12. The predicted molar refractivity (Wildman–Crippen MR) is 70.8 cm³/mol. The molecule has 0 unspecified atom stereocenters. The second-order valence-corrected chi connectivity index (χ2v) is 4.68. The van der Waals surface area contributed by atoms with Crippen LogP contribution in [0.3, 0.4) is 0 Å². The van der Waals surface area contributed by atoms with Crippen LogP contribution >= 0.6 is 0 Å². The quantitative estimate of drug-likeness (QED) is 0.526. The fourth-order valence-corrected chi connectivity index (χ4v) is 2.43. The zero-order valence-corrected chi connectivity index (χ0v) is 9.94. The molecule has 5 heteroatoms. The van der Waals surface area contributed by atoms with Crippen molar-refractivity contribution < 1.29 is 9.90 Å². The average Bonchev–Trinajstić information content (AvgIpc) is 2.80. The number of carbonyl (C=O) groups is 1. The highest BCUT2D eigenvalue weighted by atomic mass is 16.3. The highest BCUT2D eigenvalue weighted by molar-refractivity contribution is 5.98. The number of nitrogen functional groups attached to an aromatic ring is 1. The largest absolute Gasteiger partial charge is 0.506 e. The first-order chi connectivity index (χ1) is 8.65. The highest BCUT2D eigenvalue weighted by Gasteiger charge is 2.19. The van der Waals surface area contributed by atoms with Gasteiger partial charge < -0.3 is 20.7 Å². The summed E-state index contributed by atoms with van der Waals surface area (Å²) in [6, 6.07) is 5.14. The molecule has 2 aromatic rings. The van der Waals surface area contributed by atoms with E-state index in [0.717, 1.165) is 24.2 Å². The lowest BCUT2D eigenvalue weighted by molar-refractivity contribution is -0.118. The van der Waals surface area contributed by atoms with Gasteiger partial charge in [-0.3, -0.25) is 4.79 Å². The third kappa shape index (κ3) is 1.68. The lowest BCUT2D eigenvalue weighted by Crippen LogP contribution is -2.35. The number of Topliss-reactive ketones (excluding diaryl/α,β-unsaturated/α-hetero) is 1. The minimum Gasteiger partial charge on any atom is -0.506 e. The molecule has 4 N–H and O–H groups in total. The number of H-pyrrole nitrogens is 1. The van der Waals surface area contributed by atoms with Crippen LogP contribution in [0, 0.1) is 0 Å². The third-order valence-corrected chi connectivity index (χ3v) is 3.38. The Labute approximate surface area is 104 Å². The summed E-state index contributed by atoms with van der Waals surface area (Å²) in [6.07, 6.45) is 1.53. The van der Waals surface area contributed by atoms with Gasteiger partial charge in [0.05, 0.1) is 12.1 Å². The molecule has 0 radical (unpaired) electrons. The summed E-state index contributed by atoms with van der Waals surface area (Å²) < 4.78 is 0. The first-order valence-corrected chi connectivity index (χ1v) is 6.02. The number of benzene rings is 1. The summed E-state index contributed by atoms with van der Waals surface area (Å²) in [6.45, 7) is 1.27. The number of rotatable bonds is 1. The van der Waals surface area contributed by atoms with Crippen LogP contribution in [0.2, 0.25) is 0 Å². The number of carbonyl (C=O) groups excluding carboxylic acids is 1. The number of piperidine rings is 1. The Kier molecular flexibility index (Phi) is 2.40. The summed E-state index contributed by atoms with van der Waals surface area (Å²) >= 11 is 0. The van der Waals surface area contributed by atoms with E-state index in [1.54, 1.807) is 12.1 Å². The van der Waals surface area contributed by atoms with Gasteiger partial charge in [0.25, 0.3) is 0 Å². The van der Waals surface area contributed by atoms with E-state index in [1.807, 2.05) is 11.0 Å². The molecule has 94 valence electrons. The number of nitrogens with one attached hydrogen (secondary N) is 1. The number of ketones is 1. The molecular formula is C13H15N3O2. The summed E-state index contributed by atoms with van der Waals surface area (Å²) in [5.41, 5.74) is 7.13. The van der Waals surface area contributed by atoms with E-state index in [4.69, 9.17) is 5.73 Å². The Morgan fingerprint density at radius 3 is 2.94 bits per heavy atom. The second kappa shape index (κ2) is 3.94. The number of hydrogen-bond donors (Lipinski definition) is 3. The van der Waals surface area contributed by atoms with Crippen molar-refractivity contribution in [3.63, 3.8) is 0 Å². The molecule has 1 aliphatic heterocycles. The smallest absolute Gasteiger partial charge is 0.152 e. The molecule has 1 aliphatic rings. The van der Waals surface area contributed by atoms with Crippen LogP contribution in [0.25, 0.3) is 10.9 Å². The van der Waals surface area contributed by atoms with Crippen molar-refractivity contribution in [2.24, 2.45) is 0 Å². The van der Waals surface area contributed by atoms with Crippen LogP contribution in [0.5, 0.6) is 5.75 Å². The molecule has 0 bridgehead atoms. The maximum Gasteiger partial charge on any atom is 0.152 e. The van der Waals surface area contributed by atoms with Gasteiger partial charge in [-0.1, -0.05) is 0 Å². The number of nitrogens with zero attached hydrogens (tertiary/aromatic N) is 1. The normalized spacial score (nSPS) is 16.4. The number of phenolic OH excluding ortho intramolecular Hbond substituents is 1. The fourth-order valence-electron chi connectivity index (χ4n) is 2.43. The third-order valence-electron chi connectivity index (χ3n) is 3.38. The van der Waals surface area contributed by atoms with Crippen LogP contribution in [0.4, 0.5) is 11.5 Å². The van der Waals surface area contributed by atoms with E-state index in [1.165, 1.54) is 0 Å². The molecule has 18 heavy (non-hydrogen) atoms. The number of anilines is 2. The number of nitrogens with two attached hydrogens (primary N) is 1. The van der Waals surface area contributed by atoms with Gasteiger partial charge in [-0.05, 0) is 24.6 Å². The Balaban J connectivity index is 2.05. The van der Waals surface area contributed by atoms with Crippen LogP contribution in [-0.4, -0.2) is 29.0 Å². The average molecular weight is 245 g/mol. The van der Waals surface area contributed by atoms with Gasteiger partial charge in [0.1, 0.15) is 11.6 Å². The van der Waals surface area contributed by atoms with Gasteiger partial charge in [0.2, 0.25) is 0 Å². The molecule has 0 spiro atoms. The van der Waals surface area contributed by atoms with Gasteiger partial charge in [-0.2, -0.15) is 0 Å². The molecule has 0 amide bonds. The molecule has 1 aromatic heterocycles. The minimum absolute atomic E-state index is 0.175. The van der Waals surface area contributed by atoms with Gasteiger partial charge in [-0.15, -0.1) is 0 Å². The van der Waals surface area contributed by atoms with E-state index >= 15 is 0 Å². The van der Waals surface area contributed by atoms with E-state index < -0.39 is 0 Å². The lowest BCUT2D eigenvalue weighted by atomic mass is 10.1. The molecule has 0 aliphatic carbocycles. The highest BCUT2D eigenvalue weighted by Crippen LogP contribution is 2.32. The molecular weight excluding hydrogens is 230 g/mol. The van der Waals surface area contributed by atoms with Crippen molar-refractivity contribution >= 4 is 28.2 Å². The van der Waals surface area contributed by atoms with E-state index in [-0.39, 0.29) is 11.5 Å². The molecule has 5 nitrogen and oxygen atoms in total. The lowest BCUT2D eigenvalue weighted by Gasteiger charge is -2.26. The first kappa shape index (κ1) is 11.0. The van der Waals surface area contributed by atoms with Gasteiger partial charge in [0, 0.05) is 24.0 Å². The van der Waals surface area contributed by atoms with Crippen LogP contribution in [0.15, 0.2) is 18.2 Å². The Morgan fingerprint density at radius 1 is 1.39 bits per heavy atom. The van der Waals surface area contributed by atoms with Crippen molar-refractivity contribution in [2.75, 3.05) is 23.7 Å². The van der Waals surface area contributed by atoms with Gasteiger partial charge in [0.15, 0.2) is 5.78 Å². The predicted octanol–water partition coefficient (Wildman–Crippen LogP) is 1.62. The Hall–Kier alpha value is -2.17. The number of fused-ring (bicyclic) bond motifs is 1. The molecule has 0 saturated carbocycles. The Morgan fingerprint density at radius 2 is 2.22 bits per heavy atom. The monoisotopic (exact) mass is 245 g/mol. The second-order valence-electron chi connectivity index (χ2n) is 4.68. The van der Waals surface area contributed by atoms with Crippen LogP contribution in [-0.2, 0) is 4.79 Å². The van der Waals surface area contributed by atoms with Crippen molar-refractivity contribution in [3.05, 3.63) is 18.2 Å². The maximum atomic E-state index is 11.5. The van der Waals surface area contributed by atoms with Crippen molar-refractivity contribution in [3.8, 4) is 5.75 Å². The maximum absolute atomic E-state index is 11.5. The number of aromatic amines is 1. The number of aromatic nitrogens is 1. The van der Waals surface area contributed by atoms with Gasteiger partial charge in [-0.25, -0.2) is 0 Å². The Bertz CT molecular complexity index is 579. The van der Waals surface area contributed by atoms with E-state index in [0.29, 0.717) is 24.2 Å². The summed E-state index contributed by atoms with van der Waals surface area (Å²) in [7, 11) is 0. The topological polar surface area (TPSA) is 82.3 Å². The summed E-state index contributed by atoms with van der Waals surface area (Å²) in [5, 5.41) is 10.6.